The molecule has 0 atom stereocenters. The molecule has 334 valence electrons. The Morgan fingerprint density at radius 2 is 0.971 bits per heavy atom. The quantitative estimate of drug-likeness (QED) is 0.141. The van der Waals surface area contributed by atoms with Crippen molar-refractivity contribution in [2.45, 2.75) is 32.7 Å². The molecular formula is C64H46N2OS2Si. The third kappa shape index (κ3) is 7.21. The smallest absolute Gasteiger partial charge is 0.134 e. The standard InChI is InChI=1S/C64H46N2OS2Si/c1-70(2)59-30-15-12-26-55(59)67-63-51(24-17-31-60(63)70)43-32-36-48(37-33-43)65(49-38-34-44(35-39-49)52-25-16-29-58-64(52)69-57-28-14-13-27-56(57)68-58)50-40-41-54-53(42-50)61(45-18-6-3-7-19-45)62(46-20-8-4-9-21-46)66(54)47-22-10-5-11-23-47/h3-42H,1-2H3. The molecule has 0 bridgehead atoms. The molecule has 0 spiro atoms. The van der Waals surface area contributed by atoms with E-state index in [0.29, 0.717) is 0 Å². The number of benzene rings is 10. The SMILES string of the molecule is C[Si]1(C)c2ccccc2Oc2c(-c3ccc(N(c4ccc(-c5cccc6c5Sc5ccccc5S6)cc4)c4ccc5c(c4)c(-c4ccccc4)c(-c4ccccc4)n5-c4ccccc4)cc3)cccc21. The number of anilines is 3. The van der Waals surface area contributed by atoms with Crippen molar-refractivity contribution >= 4 is 69.9 Å². The highest BCUT2D eigenvalue weighted by atomic mass is 32.2. The summed E-state index contributed by atoms with van der Waals surface area (Å²) in [6.07, 6.45) is 0. The molecule has 0 radical (unpaired) electrons. The molecule has 0 amide bonds. The maximum absolute atomic E-state index is 6.80. The number of aromatic nitrogens is 1. The lowest BCUT2D eigenvalue weighted by Gasteiger charge is -2.34. The van der Waals surface area contributed by atoms with Crippen LogP contribution in [0, 0.1) is 0 Å². The van der Waals surface area contributed by atoms with E-state index in [1.807, 2.05) is 23.5 Å². The summed E-state index contributed by atoms with van der Waals surface area (Å²) in [5.41, 5.74) is 14.9. The summed E-state index contributed by atoms with van der Waals surface area (Å²) in [4.78, 5) is 7.64. The lowest BCUT2D eigenvalue weighted by Crippen LogP contribution is -2.56. The molecule has 0 saturated carbocycles. The van der Waals surface area contributed by atoms with Crippen molar-refractivity contribution in [2.75, 3.05) is 4.90 Å². The Balaban J connectivity index is 0.978. The number of rotatable bonds is 8. The van der Waals surface area contributed by atoms with Crippen molar-refractivity contribution in [3.8, 4) is 61.8 Å². The first-order valence-corrected chi connectivity index (χ1v) is 28.5. The van der Waals surface area contributed by atoms with E-state index in [4.69, 9.17) is 4.74 Å². The number of ether oxygens (including phenoxy) is 1. The van der Waals surface area contributed by atoms with E-state index in [1.165, 1.54) is 57.6 Å². The Morgan fingerprint density at radius 1 is 0.429 bits per heavy atom. The van der Waals surface area contributed by atoms with Gasteiger partial charge >= 0.3 is 0 Å². The van der Waals surface area contributed by atoms with Crippen LogP contribution in [0.25, 0.3) is 61.2 Å². The molecule has 0 N–H and O–H groups in total. The third-order valence-electron chi connectivity index (χ3n) is 13.9. The van der Waals surface area contributed by atoms with Gasteiger partial charge in [-0.3, -0.25) is 0 Å². The molecule has 70 heavy (non-hydrogen) atoms. The number of hydrogen-bond donors (Lipinski definition) is 0. The molecule has 6 heteroatoms. The average Bonchev–Trinajstić information content (AvgIpc) is 3.76. The van der Waals surface area contributed by atoms with Crippen molar-refractivity contribution < 1.29 is 4.74 Å². The van der Waals surface area contributed by atoms with Crippen LogP contribution in [-0.2, 0) is 0 Å². The molecule has 13 rings (SSSR count). The van der Waals surface area contributed by atoms with Gasteiger partial charge in [0.15, 0.2) is 0 Å². The van der Waals surface area contributed by atoms with Gasteiger partial charge in [-0.05, 0) is 117 Å². The van der Waals surface area contributed by atoms with E-state index in [1.54, 1.807) is 0 Å². The first-order valence-electron chi connectivity index (χ1n) is 23.8. The Labute approximate surface area is 418 Å². The van der Waals surface area contributed by atoms with Gasteiger partial charge < -0.3 is 14.2 Å². The molecule has 3 nitrogen and oxygen atoms in total. The molecule has 2 aliphatic heterocycles. The molecule has 0 unspecified atom stereocenters. The molecule has 0 saturated heterocycles. The number of nitrogens with zero attached hydrogens (tertiary/aromatic N) is 2. The number of fused-ring (bicyclic) bond motifs is 5. The van der Waals surface area contributed by atoms with Crippen LogP contribution in [0.2, 0.25) is 13.1 Å². The zero-order valence-corrected chi connectivity index (χ0v) is 41.3. The van der Waals surface area contributed by atoms with Crippen LogP contribution in [0.5, 0.6) is 11.5 Å². The number of hydrogen-bond acceptors (Lipinski definition) is 4. The molecule has 0 aliphatic carbocycles. The second kappa shape index (κ2) is 17.3. The first kappa shape index (κ1) is 42.4. The maximum atomic E-state index is 6.80. The van der Waals surface area contributed by atoms with E-state index in [2.05, 4.69) is 265 Å². The minimum Gasteiger partial charge on any atom is -0.457 e. The van der Waals surface area contributed by atoms with Crippen LogP contribution in [0.15, 0.2) is 262 Å². The molecule has 2 aliphatic rings. The summed E-state index contributed by atoms with van der Waals surface area (Å²) in [6, 6.07) is 88.4. The van der Waals surface area contributed by atoms with Crippen molar-refractivity contribution in [1.82, 2.24) is 4.57 Å². The molecule has 11 aromatic rings. The highest BCUT2D eigenvalue weighted by molar-refractivity contribution is 8.05. The van der Waals surface area contributed by atoms with Gasteiger partial charge in [-0.2, -0.15) is 0 Å². The van der Waals surface area contributed by atoms with Crippen molar-refractivity contribution in [1.29, 1.82) is 0 Å². The van der Waals surface area contributed by atoms with Gasteiger partial charge in [-0.15, -0.1) is 0 Å². The van der Waals surface area contributed by atoms with E-state index in [0.717, 1.165) is 62.1 Å². The third-order valence-corrected chi connectivity index (χ3v) is 20.0. The first-order chi connectivity index (χ1) is 34.5. The maximum Gasteiger partial charge on any atom is 0.134 e. The topological polar surface area (TPSA) is 17.4 Å². The molecule has 1 aromatic heterocycles. The fourth-order valence-electron chi connectivity index (χ4n) is 10.5. The summed E-state index contributed by atoms with van der Waals surface area (Å²) in [7, 11) is -2.00. The van der Waals surface area contributed by atoms with Crippen LogP contribution in [0.1, 0.15) is 0 Å². The molecule has 0 fully saturated rings. The zero-order chi connectivity index (χ0) is 46.8. The Morgan fingerprint density at radius 3 is 1.69 bits per heavy atom. The van der Waals surface area contributed by atoms with Gasteiger partial charge in [-0.25, -0.2) is 0 Å². The minimum absolute atomic E-state index is 0.977. The Hall–Kier alpha value is -7.74. The molecular weight excluding hydrogens is 905 g/mol. The van der Waals surface area contributed by atoms with E-state index < -0.39 is 8.07 Å². The van der Waals surface area contributed by atoms with Crippen LogP contribution in [-0.4, -0.2) is 12.6 Å². The van der Waals surface area contributed by atoms with Gasteiger partial charge in [0, 0.05) is 58.8 Å². The second-order valence-corrected chi connectivity index (χ2v) is 24.9. The van der Waals surface area contributed by atoms with Crippen LogP contribution >= 0.6 is 23.5 Å². The largest absolute Gasteiger partial charge is 0.457 e. The fourth-order valence-corrected chi connectivity index (χ4v) is 15.7. The second-order valence-electron chi connectivity index (χ2n) is 18.4. The summed E-state index contributed by atoms with van der Waals surface area (Å²) in [6.45, 7) is 4.87. The molecule has 10 aromatic carbocycles. The van der Waals surface area contributed by atoms with E-state index in [9.17, 15) is 0 Å². The van der Waals surface area contributed by atoms with Crippen LogP contribution < -0.4 is 20.0 Å². The van der Waals surface area contributed by atoms with Gasteiger partial charge in [-0.1, -0.05) is 200 Å². The predicted octanol–water partition coefficient (Wildman–Crippen LogP) is 17.3. The fraction of sp³-hybridized carbons (Fsp3) is 0.0312. The van der Waals surface area contributed by atoms with E-state index >= 15 is 0 Å². The van der Waals surface area contributed by atoms with Gasteiger partial charge in [0.05, 0.1) is 11.2 Å². The monoisotopic (exact) mass is 950 g/mol. The highest BCUT2D eigenvalue weighted by Gasteiger charge is 2.37. The highest BCUT2D eigenvalue weighted by Crippen LogP contribution is 2.52. The van der Waals surface area contributed by atoms with Gasteiger partial charge in [0.1, 0.15) is 19.6 Å². The lowest BCUT2D eigenvalue weighted by molar-refractivity contribution is 0.488. The van der Waals surface area contributed by atoms with Gasteiger partial charge in [0.2, 0.25) is 0 Å². The Kier molecular flexibility index (Phi) is 10.5. The normalized spacial score (nSPS) is 13.1. The van der Waals surface area contributed by atoms with Crippen molar-refractivity contribution in [3.63, 3.8) is 0 Å². The van der Waals surface area contributed by atoms with Crippen LogP contribution in [0.4, 0.5) is 17.1 Å². The zero-order valence-electron chi connectivity index (χ0n) is 38.7. The van der Waals surface area contributed by atoms with E-state index in [-0.39, 0.29) is 0 Å². The summed E-state index contributed by atoms with van der Waals surface area (Å²) in [5, 5.41) is 3.85. The Bertz CT molecular complexity index is 3760. The van der Waals surface area contributed by atoms with Crippen molar-refractivity contribution in [2.24, 2.45) is 0 Å². The summed E-state index contributed by atoms with van der Waals surface area (Å²) in [5.74, 6) is 1.96. The van der Waals surface area contributed by atoms with Gasteiger partial charge in [0.25, 0.3) is 0 Å². The van der Waals surface area contributed by atoms with Crippen molar-refractivity contribution in [3.05, 3.63) is 243 Å². The number of para-hydroxylation sites is 3. The lowest BCUT2D eigenvalue weighted by atomic mass is 9.97. The summed E-state index contributed by atoms with van der Waals surface area (Å²) < 4.78 is 9.23. The average molecular weight is 951 g/mol. The predicted molar refractivity (Wildman–Crippen MR) is 298 cm³/mol. The summed E-state index contributed by atoms with van der Waals surface area (Å²) >= 11 is 3.73. The minimum atomic E-state index is -2.00. The van der Waals surface area contributed by atoms with Crippen LogP contribution in [0.3, 0.4) is 0 Å². The molecule has 3 heterocycles.